The van der Waals surface area contributed by atoms with Gasteiger partial charge < -0.3 is 9.84 Å². The SMILES string of the molecule is CCOc1ccc(C(=O)O)cc1C#N. The predicted molar refractivity (Wildman–Crippen MR) is 49.3 cm³/mol. The third-order valence-electron chi connectivity index (χ3n) is 1.65. The van der Waals surface area contributed by atoms with Crippen LogP contribution in [0.5, 0.6) is 5.75 Å². The Kier molecular flexibility index (Phi) is 3.08. The second-order valence-corrected chi connectivity index (χ2v) is 2.56. The van der Waals surface area contributed by atoms with Crippen LogP contribution in [0.25, 0.3) is 0 Å². The molecular weight excluding hydrogens is 182 g/mol. The average Bonchev–Trinajstić information content (AvgIpc) is 2.18. The van der Waals surface area contributed by atoms with E-state index in [2.05, 4.69) is 0 Å². The largest absolute Gasteiger partial charge is 0.492 e. The molecule has 0 bridgehead atoms. The zero-order valence-electron chi connectivity index (χ0n) is 7.65. The molecule has 1 rings (SSSR count). The van der Waals surface area contributed by atoms with Gasteiger partial charge in [-0.15, -0.1) is 0 Å². The Morgan fingerprint density at radius 3 is 2.86 bits per heavy atom. The van der Waals surface area contributed by atoms with E-state index in [9.17, 15) is 4.79 Å². The molecule has 1 aromatic carbocycles. The standard InChI is InChI=1S/C10H9NO3/c1-2-14-9-4-3-7(10(12)13)5-8(9)6-11/h3-5H,2H2,1H3,(H,12,13). The smallest absolute Gasteiger partial charge is 0.335 e. The van der Waals surface area contributed by atoms with Gasteiger partial charge in [0.05, 0.1) is 17.7 Å². The molecule has 0 fully saturated rings. The van der Waals surface area contributed by atoms with Crippen molar-refractivity contribution in [3.63, 3.8) is 0 Å². The number of hydrogen-bond acceptors (Lipinski definition) is 3. The number of aromatic carboxylic acids is 1. The monoisotopic (exact) mass is 191 g/mol. The maximum absolute atomic E-state index is 10.6. The Labute approximate surface area is 81.4 Å². The molecule has 72 valence electrons. The van der Waals surface area contributed by atoms with Gasteiger partial charge in [0.15, 0.2) is 0 Å². The van der Waals surface area contributed by atoms with Crippen molar-refractivity contribution >= 4 is 5.97 Å². The van der Waals surface area contributed by atoms with Gasteiger partial charge in [0, 0.05) is 0 Å². The number of carboxylic acids is 1. The van der Waals surface area contributed by atoms with Crippen LogP contribution in [0.15, 0.2) is 18.2 Å². The van der Waals surface area contributed by atoms with Gasteiger partial charge in [-0.05, 0) is 25.1 Å². The number of carboxylic acid groups (broad SMARTS) is 1. The topological polar surface area (TPSA) is 70.3 Å². The number of benzene rings is 1. The molecule has 0 aliphatic carbocycles. The Hall–Kier alpha value is -2.02. The zero-order valence-corrected chi connectivity index (χ0v) is 7.65. The highest BCUT2D eigenvalue weighted by atomic mass is 16.5. The minimum absolute atomic E-state index is 0.0880. The number of carbonyl (C=O) groups is 1. The van der Waals surface area contributed by atoms with E-state index >= 15 is 0 Å². The highest BCUT2D eigenvalue weighted by molar-refractivity contribution is 5.88. The molecule has 0 aromatic heterocycles. The lowest BCUT2D eigenvalue weighted by Gasteiger charge is -2.05. The van der Waals surface area contributed by atoms with E-state index in [1.54, 1.807) is 6.92 Å². The molecule has 0 saturated heterocycles. The lowest BCUT2D eigenvalue weighted by Crippen LogP contribution is -1.99. The molecule has 0 unspecified atom stereocenters. The Morgan fingerprint density at radius 2 is 2.36 bits per heavy atom. The molecule has 14 heavy (non-hydrogen) atoms. The van der Waals surface area contributed by atoms with Crippen molar-refractivity contribution in [2.45, 2.75) is 6.92 Å². The molecular formula is C10H9NO3. The molecule has 0 atom stereocenters. The van der Waals surface area contributed by atoms with Crippen molar-refractivity contribution in [2.75, 3.05) is 6.61 Å². The fourth-order valence-electron chi connectivity index (χ4n) is 1.03. The van der Waals surface area contributed by atoms with Gasteiger partial charge in [-0.25, -0.2) is 4.79 Å². The molecule has 4 nitrogen and oxygen atoms in total. The number of nitriles is 1. The normalized spacial score (nSPS) is 9.14. The summed E-state index contributed by atoms with van der Waals surface area (Å²) in [5.41, 5.74) is 0.330. The summed E-state index contributed by atoms with van der Waals surface area (Å²) in [5, 5.41) is 17.4. The van der Waals surface area contributed by atoms with Crippen LogP contribution in [0.1, 0.15) is 22.8 Å². The highest BCUT2D eigenvalue weighted by Gasteiger charge is 2.08. The second-order valence-electron chi connectivity index (χ2n) is 2.56. The number of hydrogen-bond donors (Lipinski definition) is 1. The molecule has 0 saturated carbocycles. The van der Waals surface area contributed by atoms with Crippen molar-refractivity contribution in [1.82, 2.24) is 0 Å². The summed E-state index contributed by atoms with van der Waals surface area (Å²) >= 11 is 0. The van der Waals surface area contributed by atoms with Gasteiger partial charge in [-0.1, -0.05) is 0 Å². The molecule has 0 aliphatic heterocycles. The number of rotatable bonds is 3. The van der Waals surface area contributed by atoms with E-state index in [0.717, 1.165) is 0 Å². The summed E-state index contributed by atoms with van der Waals surface area (Å²) in [6.45, 7) is 2.24. The van der Waals surface area contributed by atoms with E-state index in [4.69, 9.17) is 15.1 Å². The summed E-state index contributed by atoms with van der Waals surface area (Å²) in [7, 11) is 0. The lowest BCUT2D eigenvalue weighted by atomic mass is 10.1. The van der Waals surface area contributed by atoms with Crippen molar-refractivity contribution < 1.29 is 14.6 Å². The molecule has 1 N–H and O–H groups in total. The fourth-order valence-corrected chi connectivity index (χ4v) is 1.03. The van der Waals surface area contributed by atoms with E-state index in [0.29, 0.717) is 12.4 Å². The van der Waals surface area contributed by atoms with Crippen LogP contribution >= 0.6 is 0 Å². The fraction of sp³-hybridized carbons (Fsp3) is 0.200. The van der Waals surface area contributed by atoms with Crippen LogP contribution in [0.2, 0.25) is 0 Å². The van der Waals surface area contributed by atoms with Crippen molar-refractivity contribution in [3.05, 3.63) is 29.3 Å². The van der Waals surface area contributed by atoms with Gasteiger partial charge in [0.1, 0.15) is 11.8 Å². The van der Waals surface area contributed by atoms with Crippen LogP contribution in [0, 0.1) is 11.3 Å². The first-order valence-electron chi connectivity index (χ1n) is 4.09. The van der Waals surface area contributed by atoms with E-state index < -0.39 is 5.97 Å². The van der Waals surface area contributed by atoms with E-state index in [1.807, 2.05) is 6.07 Å². The maximum Gasteiger partial charge on any atom is 0.335 e. The van der Waals surface area contributed by atoms with Crippen molar-refractivity contribution in [2.24, 2.45) is 0 Å². The lowest BCUT2D eigenvalue weighted by molar-refractivity contribution is 0.0697. The van der Waals surface area contributed by atoms with Crippen molar-refractivity contribution in [1.29, 1.82) is 5.26 Å². The van der Waals surface area contributed by atoms with Gasteiger partial charge in [0.2, 0.25) is 0 Å². The second kappa shape index (κ2) is 4.28. The van der Waals surface area contributed by atoms with Crippen LogP contribution in [0.4, 0.5) is 0 Å². The molecule has 0 aliphatic rings. The Bertz CT molecular complexity index is 393. The zero-order chi connectivity index (χ0) is 10.6. The first-order chi connectivity index (χ1) is 6.69. The number of ether oxygens (including phenoxy) is 1. The highest BCUT2D eigenvalue weighted by Crippen LogP contribution is 2.19. The average molecular weight is 191 g/mol. The third kappa shape index (κ3) is 2.02. The van der Waals surface area contributed by atoms with Crippen LogP contribution in [-0.4, -0.2) is 17.7 Å². The van der Waals surface area contributed by atoms with Crippen LogP contribution in [-0.2, 0) is 0 Å². The van der Waals surface area contributed by atoms with Gasteiger partial charge >= 0.3 is 5.97 Å². The van der Waals surface area contributed by atoms with E-state index in [-0.39, 0.29) is 11.1 Å². The molecule has 4 heteroatoms. The quantitative estimate of drug-likeness (QED) is 0.788. The van der Waals surface area contributed by atoms with Crippen LogP contribution in [0.3, 0.4) is 0 Å². The number of nitrogens with zero attached hydrogens (tertiary/aromatic N) is 1. The molecule has 0 heterocycles. The first-order valence-corrected chi connectivity index (χ1v) is 4.09. The summed E-state index contributed by atoms with van der Waals surface area (Å²) in [6, 6.07) is 6.09. The minimum atomic E-state index is -1.05. The molecule has 0 amide bonds. The molecule has 1 aromatic rings. The van der Waals surface area contributed by atoms with Crippen LogP contribution < -0.4 is 4.74 Å². The predicted octanol–water partition coefficient (Wildman–Crippen LogP) is 1.66. The minimum Gasteiger partial charge on any atom is -0.492 e. The maximum atomic E-state index is 10.6. The Balaban J connectivity index is 3.13. The summed E-state index contributed by atoms with van der Waals surface area (Å²) in [4.78, 5) is 10.6. The van der Waals surface area contributed by atoms with Gasteiger partial charge in [-0.2, -0.15) is 5.26 Å². The van der Waals surface area contributed by atoms with E-state index in [1.165, 1.54) is 18.2 Å². The van der Waals surface area contributed by atoms with Crippen molar-refractivity contribution in [3.8, 4) is 11.8 Å². The summed E-state index contributed by atoms with van der Waals surface area (Å²) < 4.78 is 5.15. The molecule has 0 radical (unpaired) electrons. The summed E-state index contributed by atoms with van der Waals surface area (Å²) in [6.07, 6.45) is 0. The third-order valence-corrected chi connectivity index (χ3v) is 1.65. The first kappa shape index (κ1) is 10.1. The summed E-state index contributed by atoms with van der Waals surface area (Å²) in [5.74, 6) is -0.635. The Morgan fingerprint density at radius 1 is 1.64 bits per heavy atom. The molecule has 0 spiro atoms. The van der Waals surface area contributed by atoms with Gasteiger partial charge in [-0.3, -0.25) is 0 Å². The van der Waals surface area contributed by atoms with Gasteiger partial charge in [0.25, 0.3) is 0 Å².